The summed E-state index contributed by atoms with van der Waals surface area (Å²) in [5.74, 6) is -0.0230. The topological polar surface area (TPSA) is 106 Å². The molecule has 7 nitrogen and oxygen atoms in total. The van der Waals surface area contributed by atoms with Crippen LogP contribution in [0.15, 0.2) is 33.8 Å². The van der Waals surface area contributed by atoms with Crippen LogP contribution in [0.1, 0.15) is 28.1 Å². The lowest BCUT2D eigenvalue weighted by Crippen LogP contribution is -2.35. The molecule has 0 unspecified atom stereocenters. The van der Waals surface area contributed by atoms with Crippen molar-refractivity contribution in [2.24, 2.45) is 0 Å². The molecule has 0 atom stereocenters. The van der Waals surface area contributed by atoms with E-state index < -0.39 is 10.0 Å². The summed E-state index contributed by atoms with van der Waals surface area (Å²) in [6.07, 6.45) is 1.61. The second-order valence-electron chi connectivity index (χ2n) is 5.65. The minimum absolute atomic E-state index is 0.235. The van der Waals surface area contributed by atoms with Crippen molar-refractivity contribution in [3.63, 3.8) is 0 Å². The summed E-state index contributed by atoms with van der Waals surface area (Å²) >= 11 is 0. The Morgan fingerprint density at radius 1 is 1.38 bits per heavy atom. The first-order valence-corrected chi connectivity index (χ1v) is 9.06. The van der Waals surface area contributed by atoms with Crippen LogP contribution in [-0.4, -0.2) is 27.9 Å². The number of aryl methyl sites for hydroxylation is 1. The third-order valence-electron chi connectivity index (χ3n) is 4.19. The van der Waals surface area contributed by atoms with Crippen LogP contribution in [0.3, 0.4) is 0 Å². The van der Waals surface area contributed by atoms with Crippen molar-refractivity contribution in [1.82, 2.24) is 4.72 Å². The Morgan fingerprint density at radius 2 is 2.12 bits per heavy atom. The molecule has 128 valence electrons. The van der Waals surface area contributed by atoms with Crippen molar-refractivity contribution in [3.8, 4) is 0 Å². The first-order valence-electron chi connectivity index (χ1n) is 7.58. The second-order valence-corrected chi connectivity index (χ2v) is 7.47. The molecule has 3 rings (SSSR count). The molecule has 2 heterocycles. The van der Waals surface area contributed by atoms with E-state index >= 15 is 0 Å². The summed E-state index contributed by atoms with van der Waals surface area (Å²) < 4.78 is 31.2. The zero-order chi connectivity index (χ0) is 17.5. The highest BCUT2D eigenvalue weighted by Crippen LogP contribution is 2.33. The molecule has 0 fully saturated rings. The quantitative estimate of drug-likeness (QED) is 0.820. The number of nitrogens with two attached hydrogens (primary N) is 1. The number of rotatable bonds is 3. The Bertz CT molecular complexity index is 902. The molecule has 0 saturated heterocycles. The van der Waals surface area contributed by atoms with Crippen molar-refractivity contribution in [2.45, 2.75) is 24.9 Å². The number of benzene rings is 1. The van der Waals surface area contributed by atoms with Crippen molar-refractivity contribution in [1.29, 1.82) is 0 Å². The van der Waals surface area contributed by atoms with Crippen molar-refractivity contribution in [3.05, 3.63) is 41.2 Å². The van der Waals surface area contributed by atoms with Gasteiger partial charge in [0.05, 0.1) is 5.56 Å². The average Bonchev–Trinajstić information content (AvgIpc) is 2.97. The first-order chi connectivity index (χ1) is 11.3. The molecule has 3 N–H and O–H groups in total. The predicted molar refractivity (Wildman–Crippen MR) is 90.5 cm³/mol. The zero-order valence-electron chi connectivity index (χ0n) is 13.5. The van der Waals surface area contributed by atoms with Crippen LogP contribution in [0.25, 0.3) is 0 Å². The molecule has 2 aromatic rings. The minimum Gasteiger partial charge on any atom is -0.448 e. The van der Waals surface area contributed by atoms with E-state index in [2.05, 4.69) is 4.72 Å². The van der Waals surface area contributed by atoms with E-state index in [1.54, 1.807) is 17.9 Å². The summed E-state index contributed by atoms with van der Waals surface area (Å²) in [6.45, 7) is 2.13. The fourth-order valence-electron chi connectivity index (χ4n) is 2.91. The van der Waals surface area contributed by atoms with Gasteiger partial charge in [0.2, 0.25) is 5.09 Å². The van der Waals surface area contributed by atoms with Gasteiger partial charge >= 0.3 is 0 Å². The lowest BCUT2D eigenvalue weighted by molar-refractivity contribution is 0.0983. The largest absolute Gasteiger partial charge is 0.448 e. The van der Waals surface area contributed by atoms with E-state index in [9.17, 15) is 13.2 Å². The molecule has 1 aliphatic rings. The molecular formula is C16H19N3O4S. The standard InChI is InChI=1S/C16H19N3O4S/c1-10-12(9-15(23-10)24(21,22)18-2)16(20)19-8-4-5-11-13(17)6-3-7-14(11)19/h3,6-7,9,18H,4-5,8,17H2,1-2H3. The third kappa shape index (κ3) is 2.67. The Balaban J connectivity index is 2.02. The van der Waals surface area contributed by atoms with Crippen molar-refractivity contribution in [2.75, 3.05) is 24.2 Å². The van der Waals surface area contributed by atoms with Gasteiger partial charge in [0.25, 0.3) is 15.9 Å². The highest BCUT2D eigenvalue weighted by atomic mass is 32.2. The van der Waals surface area contributed by atoms with Gasteiger partial charge in [0, 0.05) is 24.0 Å². The number of anilines is 2. The molecule has 24 heavy (non-hydrogen) atoms. The van der Waals surface area contributed by atoms with E-state index in [4.69, 9.17) is 10.2 Å². The number of sulfonamides is 1. The van der Waals surface area contributed by atoms with Gasteiger partial charge in [-0.2, -0.15) is 0 Å². The lowest BCUT2D eigenvalue weighted by Gasteiger charge is -2.30. The van der Waals surface area contributed by atoms with Gasteiger partial charge in [0.15, 0.2) is 0 Å². The maximum absolute atomic E-state index is 12.9. The van der Waals surface area contributed by atoms with E-state index in [0.29, 0.717) is 12.2 Å². The third-order valence-corrected chi connectivity index (χ3v) is 5.46. The number of nitrogens with one attached hydrogen (secondary N) is 1. The molecule has 0 radical (unpaired) electrons. The number of furan rings is 1. The number of fused-ring (bicyclic) bond motifs is 1. The van der Waals surface area contributed by atoms with Gasteiger partial charge in [0.1, 0.15) is 5.76 Å². The summed E-state index contributed by atoms with van der Waals surface area (Å²) in [6, 6.07) is 6.74. The summed E-state index contributed by atoms with van der Waals surface area (Å²) in [5.41, 5.74) is 8.62. The zero-order valence-corrected chi connectivity index (χ0v) is 14.3. The highest BCUT2D eigenvalue weighted by molar-refractivity contribution is 7.89. The number of nitrogen functional groups attached to an aromatic ring is 1. The van der Waals surface area contributed by atoms with Gasteiger partial charge in [-0.3, -0.25) is 4.79 Å². The molecule has 1 aromatic carbocycles. The van der Waals surface area contributed by atoms with Crippen molar-refractivity contribution >= 4 is 27.3 Å². The number of hydrogen-bond donors (Lipinski definition) is 2. The van der Waals surface area contributed by atoms with Crippen molar-refractivity contribution < 1.29 is 17.6 Å². The Morgan fingerprint density at radius 3 is 2.83 bits per heavy atom. The van der Waals surface area contributed by atoms with Gasteiger partial charge in [-0.15, -0.1) is 0 Å². The van der Waals surface area contributed by atoms with E-state index in [1.165, 1.54) is 13.1 Å². The monoisotopic (exact) mass is 349 g/mol. The number of carbonyl (C=O) groups excluding carboxylic acids is 1. The van der Waals surface area contributed by atoms with Crippen LogP contribution in [0.4, 0.5) is 11.4 Å². The summed E-state index contributed by atoms with van der Waals surface area (Å²) in [4.78, 5) is 14.6. The Kier molecular flexibility index (Phi) is 4.10. The molecule has 8 heteroatoms. The average molecular weight is 349 g/mol. The second kappa shape index (κ2) is 5.95. The van der Waals surface area contributed by atoms with Crippen LogP contribution in [0.2, 0.25) is 0 Å². The SMILES string of the molecule is CNS(=O)(=O)c1cc(C(=O)N2CCCc3c(N)cccc32)c(C)o1. The maximum atomic E-state index is 12.9. The smallest absolute Gasteiger partial charge is 0.273 e. The Labute approximate surface area is 140 Å². The minimum atomic E-state index is -3.74. The molecule has 1 aromatic heterocycles. The maximum Gasteiger partial charge on any atom is 0.273 e. The number of hydrogen-bond acceptors (Lipinski definition) is 5. The van der Waals surface area contributed by atoms with Gasteiger partial charge in [-0.25, -0.2) is 13.1 Å². The van der Waals surface area contributed by atoms with E-state index in [-0.39, 0.29) is 22.3 Å². The molecular weight excluding hydrogens is 330 g/mol. The van der Waals surface area contributed by atoms with Gasteiger partial charge < -0.3 is 15.1 Å². The molecule has 0 spiro atoms. The van der Waals surface area contributed by atoms with Crippen LogP contribution in [0.5, 0.6) is 0 Å². The summed E-state index contributed by atoms with van der Waals surface area (Å²) in [7, 11) is -2.45. The molecule has 1 aliphatic heterocycles. The fourth-order valence-corrected chi connectivity index (χ4v) is 3.62. The fraction of sp³-hybridized carbons (Fsp3) is 0.312. The first kappa shape index (κ1) is 16.5. The molecule has 0 bridgehead atoms. The van der Waals surface area contributed by atoms with E-state index in [1.807, 2.05) is 12.1 Å². The highest BCUT2D eigenvalue weighted by Gasteiger charge is 2.29. The summed E-state index contributed by atoms with van der Waals surface area (Å²) in [5, 5.41) is -0.268. The number of nitrogens with zero attached hydrogens (tertiary/aromatic N) is 1. The Hall–Kier alpha value is -2.32. The van der Waals surface area contributed by atoms with Crippen LogP contribution in [0, 0.1) is 6.92 Å². The predicted octanol–water partition coefficient (Wildman–Crippen LogP) is 1.67. The molecule has 0 saturated carbocycles. The van der Waals surface area contributed by atoms with Crippen LogP contribution < -0.4 is 15.4 Å². The van der Waals surface area contributed by atoms with Crippen LogP contribution >= 0.6 is 0 Å². The molecule has 1 amide bonds. The van der Waals surface area contributed by atoms with E-state index in [0.717, 1.165) is 24.1 Å². The van der Waals surface area contributed by atoms with Crippen LogP contribution in [-0.2, 0) is 16.4 Å². The normalized spacial score (nSPS) is 14.5. The van der Waals surface area contributed by atoms with Gasteiger partial charge in [-0.05, 0) is 44.5 Å². The van der Waals surface area contributed by atoms with Gasteiger partial charge in [-0.1, -0.05) is 6.07 Å². The number of carbonyl (C=O) groups is 1. The molecule has 0 aliphatic carbocycles. The lowest BCUT2D eigenvalue weighted by atomic mass is 9.99. The number of amides is 1.